The summed E-state index contributed by atoms with van der Waals surface area (Å²) in [5.41, 5.74) is 1.52. The van der Waals surface area contributed by atoms with Crippen LogP contribution in [-0.2, 0) is 11.2 Å². The molecule has 0 radical (unpaired) electrons. The summed E-state index contributed by atoms with van der Waals surface area (Å²) in [5.74, 6) is 0.613. The number of halogens is 2. The van der Waals surface area contributed by atoms with Crippen LogP contribution in [0, 0.1) is 19.8 Å². The lowest BCUT2D eigenvalue weighted by molar-refractivity contribution is -0.131. The summed E-state index contributed by atoms with van der Waals surface area (Å²) in [6.07, 6.45) is 2.13. The van der Waals surface area contributed by atoms with Crippen molar-refractivity contribution in [3.8, 4) is 0 Å². The number of piperidine rings is 1. The minimum Gasteiger partial charge on any atom is -0.342 e. The van der Waals surface area contributed by atoms with Gasteiger partial charge in [0.05, 0.1) is 12.1 Å². The van der Waals surface area contributed by atoms with Crippen LogP contribution in [0.15, 0.2) is 0 Å². The number of alkyl halides is 2. The third-order valence-corrected chi connectivity index (χ3v) is 4.45. The van der Waals surface area contributed by atoms with Crippen LogP contribution in [0.4, 0.5) is 8.78 Å². The summed E-state index contributed by atoms with van der Waals surface area (Å²) in [6.45, 7) is 3.06. The van der Waals surface area contributed by atoms with Crippen molar-refractivity contribution in [3.05, 3.63) is 17.0 Å². The topological polar surface area (TPSA) is 50.2 Å². The molecule has 0 spiro atoms. The highest BCUT2D eigenvalue weighted by molar-refractivity contribution is 5.79. The number of aromatic nitrogens is 2. The predicted octanol–water partition coefficient (Wildman–Crippen LogP) is 1.90. The molecule has 1 aliphatic rings. The second-order valence-corrected chi connectivity index (χ2v) is 5.93. The van der Waals surface area contributed by atoms with E-state index in [2.05, 4.69) is 10.4 Å². The van der Waals surface area contributed by atoms with Gasteiger partial charge < -0.3 is 10.2 Å². The molecule has 22 heavy (non-hydrogen) atoms. The Morgan fingerprint density at radius 1 is 1.36 bits per heavy atom. The van der Waals surface area contributed by atoms with Gasteiger partial charge >= 0.3 is 6.55 Å². The summed E-state index contributed by atoms with van der Waals surface area (Å²) >= 11 is 0. The van der Waals surface area contributed by atoms with E-state index in [9.17, 15) is 13.6 Å². The summed E-state index contributed by atoms with van der Waals surface area (Å²) in [5, 5.41) is 7.00. The Morgan fingerprint density at radius 3 is 2.50 bits per heavy atom. The number of hydrogen-bond acceptors (Lipinski definition) is 3. The Balaban J connectivity index is 1.98. The molecule has 0 unspecified atom stereocenters. The molecule has 2 rings (SSSR count). The summed E-state index contributed by atoms with van der Waals surface area (Å²) in [4.78, 5) is 14.2. The lowest BCUT2D eigenvalue weighted by Gasteiger charge is -2.32. The number of rotatable bonds is 5. The lowest BCUT2D eigenvalue weighted by atomic mass is 9.96. The summed E-state index contributed by atoms with van der Waals surface area (Å²) in [6, 6.07) is 0. The molecule has 124 valence electrons. The van der Waals surface area contributed by atoms with Crippen LogP contribution in [0.3, 0.4) is 0 Å². The fraction of sp³-hybridized carbons (Fsp3) is 0.733. The Hall–Kier alpha value is -1.50. The van der Waals surface area contributed by atoms with Gasteiger partial charge in [0.1, 0.15) is 0 Å². The molecule has 1 amide bonds. The molecule has 7 heteroatoms. The number of nitrogens with one attached hydrogen (secondary N) is 1. The molecule has 0 bridgehead atoms. The van der Waals surface area contributed by atoms with E-state index in [4.69, 9.17) is 0 Å². The predicted molar refractivity (Wildman–Crippen MR) is 79.9 cm³/mol. The van der Waals surface area contributed by atoms with Gasteiger partial charge in [-0.05, 0) is 46.2 Å². The first kappa shape index (κ1) is 16.9. The third-order valence-electron chi connectivity index (χ3n) is 4.45. The van der Waals surface area contributed by atoms with E-state index in [1.165, 1.54) is 0 Å². The van der Waals surface area contributed by atoms with Gasteiger partial charge in [-0.15, -0.1) is 0 Å². The molecule has 1 saturated heterocycles. The molecule has 1 fully saturated rings. The van der Waals surface area contributed by atoms with Crippen molar-refractivity contribution in [1.29, 1.82) is 0 Å². The highest BCUT2D eigenvalue weighted by Crippen LogP contribution is 2.22. The number of nitrogens with zero attached hydrogens (tertiary/aromatic N) is 3. The molecule has 1 aromatic rings. The molecular formula is C15H24F2N4O. The number of amides is 1. The molecule has 2 heterocycles. The van der Waals surface area contributed by atoms with Crippen LogP contribution in [0.2, 0.25) is 0 Å². The molecule has 1 aliphatic heterocycles. The van der Waals surface area contributed by atoms with E-state index in [1.807, 2.05) is 11.9 Å². The van der Waals surface area contributed by atoms with E-state index >= 15 is 0 Å². The van der Waals surface area contributed by atoms with Crippen molar-refractivity contribution in [2.45, 2.75) is 39.7 Å². The van der Waals surface area contributed by atoms with Crippen molar-refractivity contribution in [2.75, 3.05) is 26.7 Å². The number of carbonyl (C=O) groups is 1. The zero-order chi connectivity index (χ0) is 16.3. The first-order valence-corrected chi connectivity index (χ1v) is 7.69. The average Bonchev–Trinajstić information content (AvgIpc) is 2.76. The highest BCUT2D eigenvalue weighted by atomic mass is 19.3. The molecule has 1 aromatic heterocycles. The molecule has 0 atom stereocenters. The number of aryl methyl sites for hydroxylation is 1. The van der Waals surface area contributed by atoms with Crippen LogP contribution in [0.25, 0.3) is 0 Å². The quantitative estimate of drug-likeness (QED) is 0.903. The van der Waals surface area contributed by atoms with Crippen molar-refractivity contribution in [3.63, 3.8) is 0 Å². The second kappa shape index (κ2) is 7.17. The Bertz CT molecular complexity index is 522. The summed E-state index contributed by atoms with van der Waals surface area (Å²) in [7, 11) is 1.93. The Labute approximate surface area is 129 Å². The van der Waals surface area contributed by atoms with Crippen LogP contribution in [-0.4, -0.2) is 47.3 Å². The fourth-order valence-corrected chi connectivity index (χ4v) is 3.08. The average molecular weight is 314 g/mol. The van der Waals surface area contributed by atoms with Crippen molar-refractivity contribution in [2.24, 2.45) is 5.92 Å². The molecule has 5 nitrogen and oxygen atoms in total. The van der Waals surface area contributed by atoms with Crippen molar-refractivity contribution < 1.29 is 13.6 Å². The van der Waals surface area contributed by atoms with Gasteiger partial charge in [-0.25, -0.2) is 4.68 Å². The first-order valence-electron chi connectivity index (χ1n) is 7.69. The van der Waals surface area contributed by atoms with Crippen LogP contribution >= 0.6 is 0 Å². The zero-order valence-electron chi connectivity index (χ0n) is 13.4. The lowest BCUT2D eigenvalue weighted by Crippen LogP contribution is -2.41. The van der Waals surface area contributed by atoms with Crippen LogP contribution < -0.4 is 5.32 Å². The van der Waals surface area contributed by atoms with Crippen LogP contribution in [0.5, 0.6) is 0 Å². The van der Waals surface area contributed by atoms with Crippen molar-refractivity contribution in [1.82, 2.24) is 20.0 Å². The molecule has 0 aliphatic carbocycles. The number of carbonyl (C=O) groups excluding carboxylic acids is 1. The van der Waals surface area contributed by atoms with Gasteiger partial charge in [0.25, 0.3) is 0 Å². The SMILES string of the molecule is CNCC1CCN(C(=O)Cc2c(C)nn(C(F)F)c2C)CC1. The maximum Gasteiger partial charge on any atom is 0.333 e. The normalized spacial score (nSPS) is 16.5. The van der Waals surface area contributed by atoms with E-state index in [1.54, 1.807) is 13.8 Å². The Morgan fingerprint density at radius 2 is 2.00 bits per heavy atom. The van der Waals surface area contributed by atoms with E-state index in [0.717, 1.165) is 32.5 Å². The first-order chi connectivity index (χ1) is 10.4. The Kier molecular flexibility index (Phi) is 5.50. The van der Waals surface area contributed by atoms with E-state index in [0.29, 0.717) is 27.6 Å². The van der Waals surface area contributed by atoms with Crippen molar-refractivity contribution >= 4 is 5.91 Å². The minimum atomic E-state index is -2.67. The van der Waals surface area contributed by atoms with Gasteiger partial charge in [-0.1, -0.05) is 0 Å². The van der Waals surface area contributed by atoms with Gasteiger partial charge in [-0.3, -0.25) is 4.79 Å². The molecule has 1 N–H and O–H groups in total. The zero-order valence-corrected chi connectivity index (χ0v) is 13.4. The monoisotopic (exact) mass is 314 g/mol. The fourth-order valence-electron chi connectivity index (χ4n) is 3.08. The van der Waals surface area contributed by atoms with Gasteiger partial charge in [0.2, 0.25) is 5.91 Å². The van der Waals surface area contributed by atoms with Crippen LogP contribution in [0.1, 0.15) is 36.3 Å². The number of hydrogen-bond donors (Lipinski definition) is 1. The largest absolute Gasteiger partial charge is 0.342 e. The highest BCUT2D eigenvalue weighted by Gasteiger charge is 2.25. The molecule has 0 aromatic carbocycles. The second-order valence-electron chi connectivity index (χ2n) is 5.93. The summed E-state index contributed by atoms with van der Waals surface area (Å²) < 4.78 is 26.3. The maximum atomic E-state index is 12.8. The third kappa shape index (κ3) is 3.63. The molecule has 0 saturated carbocycles. The minimum absolute atomic E-state index is 0.00271. The van der Waals surface area contributed by atoms with E-state index < -0.39 is 6.55 Å². The maximum absolute atomic E-state index is 12.8. The standard InChI is InChI=1S/C15H24F2N4O/c1-10-13(11(2)21(19-10)15(16)17)8-14(22)20-6-4-12(5-7-20)9-18-3/h12,15,18H,4-9H2,1-3H3. The number of likely N-dealkylation sites (tertiary alicyclic amines) is 1. The van der Waals surface area contributed by atoms with Gasteiger partial charge in [0.15, 0.2) is 0 Å². The molecular weight excluding hydrogens is 290 g/mol. The van der Waals surface area contributed by atoms with Gasteiger partial charge in [0, 0.05) is 24.3 Å². The van der Waals surface area contributed by atoms with Gasteiger partial charge in [-0.2, -0.15) is 13.9 Å². The smallest absolute Gasteiger partial charge is 0.333 e. The van der Waals surface area contributed by atoms with E-state index in [-0.39, 0.29) is 12.3 Å².